The predicted molar refractivity (Wildman–Crippen MR) is 82.2 cm³/mol. The van der Waals surface area contributed by atoms with Crippen LogP contribution in [0.2, 0.25) is 0 Å². The summed E-state index contributed by atoms with van der Waals surface area (Å²) in [4.78, 5) is 8.60. The topological polar surface area (TPSA) is 59.1 Å². The van der Waals surface area contributed by atoms with Crippen LogP contribution in [0.25, 0.3) is 0 Å². The Kier molecular flexibility index (Phi) is 4.81. The minimum absolute atomic E-state index is 0.0304. The lowest BCUT2D eigenvalue weighted by molar-refractivity contribution is -0.0864. The van der Waals surface area contributed by atoms with E-state index < -0.39 is 0 Å². The molecule has 0 spiro atoms. The molecule has 0 amide bonds. The van der Waals surface area contributed by atoms with Crippen molar-refractivity contribution < 1.29 is 4.74 Å². The SMILES string of the molecule is CCC1(CC)CC(Nc2ncnc(NC)c2C)CCO1. The van der Waals surface area contributed by atoms with E-state index in [1.54, 1.807) is 6.33 Å². The summed E-state index contributed by atoms with van der Waals surface area (Å²) < 4.78 is 6.02. The normalized spacial score (nSPS) is 21.5. The summed E-state index contributed by atoms with van der Waals surface area (Å²) >= 11 is 0. The van der Waals surface area contributed by atoms with Crippen molar-refractivity contribution in [3.05, 3.63) is 11.9 Å². The van der Waals surface area contributed by atoms with Crippen LogP contribution in [0, 0.1) is 6.92 Å². The van der Waals surface area contributed by atoms with Gasteiger partial charge in [0.2, 0.25) is 0 Å². The zero-order chi connectivity index (χ0) is 14.6. The molecular formula is C15H26N4O. The van der Waals surface area contributed by atoms with Gasteiger partial charge in [-0.25, -0.2) is 9.97 Å². The Balaban J connectivity index is 2.10. The number of nitrogens with one attached hydrogen (secondary N) is 2. The lowest BCUT2D eigenvalue weighted by Gasteiger charge is -2.40. The van der Waals surface area contributed by atoms with Gasteiger partial charge in [-0.15, -0.1) is 0 Å². The number of nitrogens with zero attached hydrogens (tertiary/aromatic N) is 2. The summed E-state index contributed by atoms with van der Waals surface area (Å²) in [6, 6.07) is 0.418. The molecule has 1 aromatic heterocycles. The highest BCUT2D eigenvalue weighted by molar-refractivity contribution is 5.56. The molecule has 20 heavy (non-hydrogen) atoms. The van der Waals surface area contributed by atoms with Crippen LogP contribution < -0.4 is 10.6 Å². The molecule has 1 aromatic rings. The van der Waals surface area contributed by atoms with E-state index in [-0.39, 0.29) is 5.60 Å². The molecule has 1 atom stereocenters. The standard InChI is InChI=1S/C15H26N4O/c1-5-15(6-2)9-12(7-8-20-15)19-14-11(3)13(16-4)17-10-18-14/h10,12H,5-9H2,1-4H3,(H2,16,17,18,19). The van der Waals surface area contributed by atoms with Gasteiger partial charge in [-0.05, 0) is 32.6 Å². The lowest BCUT2D eigenvalue weighted by atomic mass is 9.86. The van der Waals surface area contributed by atoms with Gasteiger partial charge in [-0.2, -0.15) is 0 Å². The summed E-state index contributed by atoms with van der Waals surface area (Å²) in [6.45, 7) is 7.28. The maximum absolute atomic E-state index is 6.02. The molecule has 0 saturated carbocycles. The fraction of sp³-hybridized carbons (Fsp3) is 0.733. The van der Waals surface area contributed by atoms with Crippen LogP contribution in [0.1, 0.15) is 45.1 Å². The van der Waals surface area contributed by atoms with Gasteiger partial charge >= 0.3 is 0 Å². The van der Waals surface area contributed by atoms with Crippen LogP contribution in [0.5, 0.6) is 0 Å². The second-order valence-electron chi connectivity index (χ2n) is 5.52. The van der Waals surface area contributed by atoms with E-state index in [9.17, 15) is 0 Å². The molecule has 112 valence electrons. The Labute approximate surface area is 121 Å². The Morgan fingerprint density at radius 1 is 1.30 bits per heavy atom. The van der Waals surface area contributed by atoms with Crippen molar-refractivity contribution in [1.82, 2.24) is 9.97 Å². The van der Waals surface area contributed by atoms with Gasteiger partial charge in [0.25, 0.3) is 0 Å². The highest BCUT2D eigenvalue weighted by Gasteiger charge is 2.34. The minimum atomic E-state index is 0.0304. The number of aromatic nitrogens is 2. The molecule has 2 N–H and O–H groups in total. The van der Waals surface area contributed by atoms with Gasteiger partial charge < -0.3 is 15.4 Å². The fourth-order valence-electron chi connectivity index (χ4n) is 2.93. The fourth-order valence-corrected chi connectivity index (χ4v) is 2.93. The summed E-state index contributed by atoms with van der Waals surface area (Å²) in [6.07, 6.45) is 5.80. The summed E-state index contributed by atoms with van der Waals surface area (Å²) in [7, 11) is 1.88. The summed E-state index contributed by atoms with van der Waals surface area (Å²) in [5.74, 6) is 1.81. The quantitative estimate of drug-likeness (QED) is 0.867. The van der Waals surface area contributed by atoms with Crippen molar-refractivity contribution in [3.8, 4) is 0 Å². The van der Waals surface area contributed by atoms with E-state index >= 15 is 0 Å². The van der Waals surface area contributed by atoms with Crippen molar-refractivity contribution in [3.63, 3.8) is 0 Å². The molecule has 2 heterocycles. The van der Waals surface area contributed by atoms with Crippen molar-refractivity contribution in [2.75, 3.05) is 24.3 Å². The number of rotatable bonds is 5. The Morgan fingerprint density at radius 2 is 2.00 bits per heavy atom. The molecule has 0 radical (unpaired) electrons. The van der Waals surface area contributed by atoms with Crippen LogP contribution in [0.15, 0.2) is 6.33 Å². The Morgan fingerprint density at radius 3 is 2.65 bits per heavy atom. The third-order valence-corrected chi connectivity index (χ3v) is 4.44. The van der Waals surface area contributed by atoms with Crippen molar-refractivity contribution >= 4 is 11.6 Å². The second kappa shape index (κ2) is 6.39. The number of hydrogen-bond donors (Lipinski definition) is 2. The molecule has 0 bridgehead atoms. The number of hydrogen-bond acceptors (Lipinski definition) is 5. The first-order chi connectivity index (χ1) is 9.64. The number of ether oxygens (including phenoxy) is 1. The first-order valence-electron chi connectivity index (χ1n) is 7.54. The number of anilines is 2. The molecule has 0 aliphatic carbocycles. The minimum Gasteiger partial charge on any atom is -0.375 e. The third-order valence-electron chi connectivity index (χ3n) is 4.44. The van der Waals surface area contributed by atoms with Gasteiger partial charge in [0.05, 0.1) is 5.60 Å². The third kappa shape index (κ3) is 3.03. The van der Waals surface area contributed by atoms with E-state index in [1.807, 2.05) is 14.0 Å². The first-order valence-corrected chi connectivity index (χ1v) is 7.54. The van der Waals surface area contributed by atoms with Crippen LogP contribution in [0.3, 0.4) is 0 Å². The van der Waals surface area contributed by atoms with E-state index in [2.05, 4.69) is 34.4 Å². The summed E-state index contributed by atoms with van der Waals surface area (Å²) in [5.41, 5.74) is 1.10. The average Bonchev–Trinajstić information content (AvgIpc) is 2.49. The molecule has 1 aliphatic rings. The molecule has 5 nitrogen and oxygen atoms in total. The molecule has 1 saturated heterocycles. The van der Waals surface area contributed by atoms with Gasteiger partial charge in [0.1, 0.15) is 18.0 Å². The average molecular weight is 278 g/mol. The largest absolute Gasteiger partial charge is 0.375 e. The first kappa shape index (κ1) is 15.0. The van der Waals surface area contributed by atoms with Crippen molar-refractivity contribution in [2.24, 2.45) is 0 Å². The zero-order valence-corrected chi connectivity index (χ0v) is 13.0. The summed E-state index contributed by atoms with van der Waals surface area (Å²) in [5, 5.41) is 6.67. The van der Waals surface area contributed by atoms with Gasteiger partial charge in [-0.1, -0.05) is 13.8 Å². The molecule has 1 unspecified atom stereocenters. The molecule has 1 aliphatic heterocycles. The molecular weight excluding hydrogens is 252 g/mol. The van der Waals surface area contributed by atoms with Crippen molar-refractivity contribution in [2.45, 2.75) is 58.1 Å². The smallest absolute Gasteiger partial charge is 0.134 e. The Hall–Kier alpha value is -1.36. The predicted octanol–water partition coefficient (Wildman–Crippen LogP) is 2.98. The van der Waals surface area contributed by atoms with Crippen LogP contribution in [-0.2, 0) is 4.74 Å². The lowest BCUT2D eigenvalue weighted by Crippen LogP contribution is -2.43. The van der Waals surface area contributed by atoms with Gasteiger partial charge in [0, 0.05) is 25.3 Å². The molecule has 1 fully saturated rings. The van der Waals surface area contributed by atoms with Crippen molar-refractivity contribution in [1.29, 1.82) is 0 Å². The van der Waals surface area contributed by atoms with Crippen LogP contribution >= 0.6 is 0 Å². The zero-order valence-electron chi connectivity index (χ0n) is 13.0. The Bertz CT molecular complexity index is 445. The van der Waals surface area contributed by atoms with E-state index in [4.69, 9.17) is 4.74 Å². The van der Waals surface area contributed by atoms with E-state index in [1.165, 1.54) is 0 Å². The maximum atomic E-state index is 6.02. The van der Waals surface area contributed by atoms with Gasteiger partial charge in [-0.3, -0.25) is 0 Å². The molecule has 2 rings (SSSR count). The van der Waals surface area contributed by atoms with E-state index in [0.717, 1.165) is 49.5 Å². The van der Waals surface area contributed by atoms with Crippen LogP contribution in [-0.4, -0.2) is 35.3 Å². The molecule has 0 aromatic carbocycles. The van der Waals surface area contributed by atoms with Gasteiger partial charge in [0.15, 0.2) is 0 Å². The van der Waals surface area contributed by atoms with E-state index in [0.29, 0.717) is 6.04 Å². The highest BCUT2D eigenvalue weighted by atomic mass is 16.5. The molecule has 5 heteroatoms. The second-order valence-corrected chi connectivity index (χ2v) is 5.52. The maximum Gasteiger partial charge on any atom is 0.134 e. The van der Waals surface area contributed by atoms with Crippen LogP contribution in [0.4, 0.5) is 11.6 Å². The highest BCUT2D eigenvalue weighted by Crippen LogP contribution is 2.33. The monoisotopic (exact) mass is 278 g/mol.